The standard InChI is InChI=1S/C15H23NO/c1-4-14-7-5-12(3)16(14)15-8-6-13(10-17)11(2)9-15/h6,8-9,12,14,17H,4-5,7,10H2,1-3H3. The van der Waals surface area contributed by atoms with Crippen molar-refractivity contribution >= 4 is 5.69 Å². The van der Waals surface area contributed by atoms with Crippen LogP contribution in [0, 0.1) is 6.92 Å². The van der Waals surface area contributed by atoms with E-state index in [1.165, 1.54) is 30.5 Å². The maximum atomic E-state index is 9.21. The zero-order valence-electron chi connectivity index (χ0n) is 11.1. The predicted octanol–water partition coefficient (Wildman–Crippen LogP) is 3.25. The molecule has 1 saturated heterocycles. The molecule has 1 N–H and O–H groups in total. The van der Waals surface area contributed by atoms with Gasteiger partial charge >= 0.3 is 0 Å². The Kier molecular flexibility index (Phi) is 3.72. The third-order valence-corrected chi connectivity index (χ3v) is 4.05. The van der Waals surface area contributed by atoms with Crippen molar-refractivity contribution in [2.24, 2.45) is 0 Å². The van der Waals surface area contributed by atoms with Crippen molar-refractivity contribution in [3.63, 3.8) is 0 Å². The molecule has 2 atom stereocenters. The Morgan fingerprint density at radius 2 is 2.12 bits per heavy atom. The predicted molar refractivity (Wildman–Crippen MR) is 72.4 cm³/mol. The van der Waals surface area contributed by atoms with Crippen LogP contribution in [0.4, 0.5) is 5.69 Å². The Labute approximate surface area is 104 Å². The second-order valence-corrected chi connectivity index (χ2v) is 5.16. The molecule has 1 aromatic carbocycles. The SMILES string of the molecule is CCC1CCC(C)N1c1ccc(CO)c(C)c1. The van der Waals surface area contributed by atoms with Gasteiger partial charge in [-0.3, -0.25) is 0 Å². The van der Waals surface area contributed by atoms with Crippen LogP contribution < -0.4 is 4.90 Å². The number of benzene rings is 1. The fraction of sp³-hybridized carbons (Fsp3) is 0.600. The molecule has 2 rings (SSSR count). The quantitative estimate of drug-likeness (QED) is 0.866. The van der Waals surface area contributed by atoms with Gasteiger partial charge in [0.25, 0.3) is 0 Å². The van der Waals surface area contributed by atoms with Crippen LogP contribution in [0.15, 0.2) is 18.2 Å². The Morgan fingerprint density at radius 1 is 1.35 bits per heavy atom. The first-order valence-electron chi connectivity index (χ1n) is 6.66. The number of hydrogen-bond donors (Lipinski definition) is 1. The molecule has 0 spiro atoms. The second-order valence-electron chi connectivity index (χ2n) is 5.16. The van der Waals surface area contributed by atoms with Gasteiger partial charge in [-0.05, 0) is 56.4 Å². The first-order valence-corrected chi connectivity index (χ1v) is 6.66. The lowest BCUT2D eigenvalue weighted by molar-refractivity contribution is 0.281. The molecule has 1 aliphatic rings. The van der Waals surface area contributed by atoms with Crippen LogP contribution in [-0.4, -0.2) is 17.2 Å². The third-order valence-electron chi connectivity index (χ3n) is 4.05. The maximum Gasteiger partial charge on any atom is 0.0684 e. The molecule has 17 heavy (non-hydrogen) atoms. The van der Waals surface area contributed by atoms with E-state index in [9.17, 15) is 5.11 Å². The van der Waals surface area contributed by atoms with E-state index in [1.807, 2.05) is 0 Å². The van der Waals surface area contributed by atoms with E-state index in [-0.39, 0.29) is 6.61 Å². The van der Waals surface area contributed by atoms with E-state index in [0.29, 0.717) is 12.1 Å². The minimum absolute atomic E-state index is 0.138. The summed E-state index contributed by atoms with van der Waals surface area (Å²) in [4.78, 5) is 2.55. The van der Waals surface area contributed by atoms with Crippen LogP contribution in [0.3, 0.4) is 0 Å². The third kappa shape index (κ3) is 2.32. The first kappa shape index (κ1) is 12.4. The van der Waals surface area contributed by atoms with Crippen molar-refractivity contribution in [3.8, 4) is 0 Å². The molecule has 1 aliphatic heterocycles. The lowest BCUT2D eigenvalue weighted by atomic mass is 10.1. The highest BCUT2D eigenvalue weighted by atomic mass is 16.3. The van der Waals surface area contributed by atoms with Crippen LogP contribution in [0.25, 0.3) is 0 Å². The van der Waals surface area contributed by atoms with E-state index < -0.39 is 0 Å². The van der Waals surface area contributed by atoms with Gasteiger partial charge in [-0.2, -0.15) is 0 Å². The summed E-state index contributed by atoms with van der Waals surface area (Å²) >= 11 is 0. The van der Waals surface area contributed by atoms with Gasteiger partial charge in [-0.15, -0.1) is 0 Å². The summed E-state index contributed by atoms with van der Waals surface area (Å²) < 4.78 is 0. The average Bonchev–Trinajstić information content (AvgIpc) is 2.70. The Hall–Kier alpha value is -1.02. The van der Waals surface area contributed by atoms with Crippen LogP contribution >= 0.6 is 0 Å². The van der Waals surface area contributed by atoms with Crippen molar-refractivity contribution in [1.29, 1.82) is 0 Å². The smallest absolute Gasteiger partial charge is 0.0684 e. The molecule has 0 bridgehead atoms. The molecule has 94 valence electrons. The van der Waals surface area contributed by atoms with Crippen LogP contribution in [-0.2, 0) is 6.61 Å². The maximum absolute atomic E-state index is 9.21. The molecule has 2 nitrogen and oxygen atoms in total. The number of aliphatic hydroxyl groups is 1. The zero-order valence-corrected chi connectivity index (χ0v) is 11.1. The topological polar surface area (TPSA) is 23.5 Å². The fourth-order valence-electron chi connectivity index (χ4n) is 2.96. The number of anilines is 1. The Bertz CT molecular complexity index is 389. The largest absolute Gasteiger partial charge is 0.392 e. The number of nitrogens with zero attached hydrogens (tertiary/aromatic N) is 1. The average molecular weight is 233 g/mol. The van der Waals surface area contributed by atoms with E-state index >= 15 is 0 Å². The summed E-state index contributed by atoms with van der Waals surface area (Å²) in [6.07, 6.45) is 3.81. The summed E-state index contributed by atoms with van der Waals surface area (Å²) in [6.45, 7) is 6.80. The highest BCUT2D eigenvalue weighted by Gasteiger charge is 2.29. The molecular formula is C15H23NO. The van der Waals surface area contributed by atoms with Gasteiger partial charge in [0.05, 0.1) is 6.61 Å². The number of aliphatic hydroxyl groups excluding tert-OH is 1. The van der Waals surface area contributed by atoms with Gasteiger partial charge in [0.1, 0.15) is 0 Å². The van der Waals surface area contributed by atoms with Gasteiger partial charge in [0.2, 0.25) is 0 Å². The van der Waals surface area contributed by atoms with Crippen LogP contribution in [0.5, 0.6) is 0 Å². The number of aryl methyl sites for hydroxylation is 1. The van der Waals surface area contributed by atoms with Crippen LogP contribution in [0.1, 0.15) is 44.2 Å². The molecule has 1 fully saturated rings. The van der Waals surface area contributed by atoms with E-state index in [2.05, 4.69) is 43.9 Å². The molecule has 0 aliphatic carbocycles. The molecule has 0 aromatic heterocycles. The second kappa shape index (κ2) is 5.09. The molecule has 0 radical (unpaired) electrons. The van der Waals surface area contributed by atoms with E-state index in [0.717, 1.165) is 5.56 Å². The van der Waals surface area contributed by atoms with Gasteiger partial charge < -0.3 is 10.0 Å². The zero-order chi connectivity index (χ0) is 12.4. The van der Waals surface area contributed by atoms with Crippen molar-refractivity contribution in [3.05, 3.63) is 29.3 Å². The number of rotatable bonds is 3. The van der Waals surface area contributed by atoms with E-state index in [4.69, 9.17) is 0 Å². The molecule has 0 saturated carbocycles. The van der Waals surface area contributed by atoms with Crippen molar-refractivity contribution in [2.75, 3.05) is 4.90 Å². The molecule has 1 aromatic rings. The van der Waals surface area contributed by atoms with Gasteiger partial charge in [0.15, 0.2) is 0 Å². The molecule has 2 heteroatoms. The molecular weight excluding hydrogens is 210 g/mol. The summed E-state index contributed by atoms with van der Waals surface area (Å²) in [7, 11) is 0. The molecule has 1 heterocycles. The molecule has 2 unspecified atom stereocenters. The summed E-state index contributed by atoms with van der Waals surface area (Å²) in [6, 6.07) is 7.75. The van der Waals surface area contributed by atoms with Crippen molar-refractivity contribution in [1.82, 2.24) is 0 Å². The van der Waals surface area contributed by atoms with Gasteiger partial charge in [0, 0.05) is 17.8 Å². The normalized spacial score (nSPS) is 24.4. The monoisotopic (exact) mass is 233 g/mol. The minimum atomic E-state index is 0.138. The summed E-state index contributed by atoms with van der Waals surface area (Å²) in [5.41, 5.74) is 3.55. The van der Waals surface area contributed by atoms with Crippen LogP contribution in [0.2, 0.25) is 0 Å². The first-order chi connectivity index (χ1) is 8.17. The Morgan fingerprint density at radius 3 is 2.71 bits per heavy atom. The minimum Gasteiger partial charge on any atom is -0.392 e. The van der Waals surface area contributed by atoms with Gasteiger partial charge in [-0.1, -0.05) is 13.0 Å². The van der Waals surface area contributed by atoms with Gasteiger partial charge in [-0.25, -0.2) is 0 Å². The fourth-order valence-corrected chi connectivity index (χ4v) is 2.96. The lowest BCUT2D eigenvalue weighted by Crippen LogP contribution is -2.34. The van der Waals surface area contributed by atoms with Crippen molar-refractivity contribution < 1.29 is 5.11 Å². The summed E-state index contributed by atoms with van der Waals surface area (Å²) in [5.74, 6) is 0. The summed E-state index contributed by atoms with van der Waals surface area (Å²) in [5, 5.41) is 9.21. The Balaban J connectivity index is 2.29. The highest BCUT2D eigenvalue weighted by Crippen LogP contribution is 2.32. The number of hydrogen-bond acceptors (Lipinski definition) is 2. The molecule has 0 amide bonds. The lowest BCUT2D eigenvalue weighted by Gasteiger charge is -2.31. The van der Waals surface area contributed by atoms with E-state index in [1.54, 1.807) is 0 Å². The van der Waals surface area contributed by atoms with Crippen molar-refractivity contribution in [2.45, 2.75) is 58.7 Å². The highest BCUT2D eigenvalue weighted by molar-refractivity contribution is 5.53.